The summed E-state index contributed by atoms with van der Waals surface area (Å²) in [5.74, 6) is -0.0940. The Balaban J connectivity index is 1.52. The molecule has 0 bridgehead atoms. The molecule has 3 amide bonds. The molecule has 2 heterocycles. The van der Waals surface area contributed by atoms with Crippen LogP contribution in [-0.4, -0.2) is 50.1 Å². The van der Waals surface area contributed by atoms with Crippen LogP contribution in [0.1, 0.15) is 24.0 Å². The molecular formula is C18H20N3O8PS. The van der Waals surface area contributed by atoms with Gasteiger partial charge in [-0.15, -0.1) is 5.06 Å². The summed E-state index contributed by atoms with van der Waals surface area (Å²) >= 11 is 1.45. The molecule has 1 fully saturated rings. The Labute approximate surface area is 181 Å². The molecule has 1 aliphatic rings. The van der Waals surface area contributed by atoms with Gasteiger partial charge in [0.2, 0.25) is 0 Å². The van der Waals surface area contributed by atoms with Crippen LogP contribution >= 0.6 is 19.6 Å². The first-order valence-electron chi connectivity index (χ1n) is 9.18. The molecule has 0 aliphatic carbocycles. The number of phosphoric acid groups is 1. The highest BCUT2D eigenvalue weighted by atomic mass is 32.2. The lowest BCUT2D eigenvalue weighted by molar-refractivity contribution is -0.171. The zero-order chi connectivity index (χ0) is 22.4. The first-order chi connectivity index (χ1) is 14.7. The van der Waals surface area contributed by atoms with Gasteiger partial charge in [-0.2, -0.15) is 11.8 Å². The minimum absolute atomic E-state index is 0.0289. The topological polar surface area (TPSA) is 155 Å². The van der Waals surface area contributed by atoms with Crippen molar-refractivity contribution in [3.63, 3.8) is 0 Å². The second-order valence-corrected chi connectivity index (χ2v) is 8.91. The van der Waals surface area contributed by atoms with Gasteiger partial charge in [0.15, 0.2) is 0 Å². The van der Waals surface area contributed by atoms with Gasteiger partial charge < -0.3 is 19.9 Å². The van der Waals surface area contributed by atoms with Gasteiger partial charge in [-0.05, 0) is 29.3 Å². The fraction of sp³-hybridized carbons (Fsp3) is 0.333. The van der Waals surface area contributed by atoms with Crippen molar-refractivity contribution in [1.29, 1.82) is 0 Å². The maximum absolute atomic E-state index is 11.9. The summed E-state index contributed by atoms with van der Waals surface area (Å²) in [6.45, 7) is 0.0696. The van der Waals surface area contributed by atoms with E-state index < -0.39 is 25.7 Å². The van der Waals surface area contributed by atoms with E-state index in [-0.39, 0.29) is 26.0 Å². The third kappa shape index (κ3) is 7.01. The van der Waals surface area contributed by atoms with Crippen LogP contribution in [0.5, 0.6) is 0 Å². The van der Waals surface area contributed by atoms with Crippen LogP contribution in [0.15, 0.2) is 30.5 Å². The van der Waals surface area contributed by atoms with Crippen molar-refractivity contribution in [3.8, 4) is 0 Å². The number of amides is 3. The molecule has 0 spiro atoms. The van der Waals surface area contributed by atoms with E-state index in [2.05, 4.69) is 14.8 Å². The smallest absolute Gasteiger partial charge is 0.316 e. The number of nitrogens with one attached hydrogen (secondary N) is 1. The van der Waals surface area contributed by atoms with E-state index in [0.29, 0.717) is 16.6 Å². The molecular weight excluding hydrogens is 449 g/mol. The SMILES string of the molecule is O=C(NCc1ccc2ncc(CSCCOP(=O)(O)O)cc2c1)ON1C(=O)CCC1=O. The van der Waals surface area contributed by atoms with Crippen LogP contribution in [0.2, 0.25) is 0 Å². The molecule has 1 aromatic heterocycles. The van der Waals surface area contributed by atoms with Gasteiger partial charge in [0.1, 0.15) is 0 Å². The standard InChI is InChI=1S/C18H20N3O8PS/c22-16-3-4-17(23)21(16)29-18(24)20-9-12-1-2-15-14(7-12)8-13(10-19-15)11-31-6-5-28-30(25,26)27/h1-2,7-8,10H,3-6,9,11H2,(H,20,24)(H2,25,26,27). The number of thioether (sulfide) groups is 1. The number of hydroxylamine groups is 2. The van der Waals surface area contributed by atoms with E-state index in [4.69, 9.17) is 14.6 Å². The summed E-state index contributed by atoms with van der Waals surface area (Å²) in [6, 6.07) is 7.37. The van der Waals surface area contributed by atoms with Crippen LogP contribution in [0.4, 0.5) is 4.79 Å². The van der Waals surface area contributed by atoms with E-state index in [0.717, 1.165) is 22.0 Å². The summed E-state index contributed by atoms with van der Waals surface area (Å²) in [5, 5.41) is 3.83. The number of nitrogens with zero attached hydrogens (tertiary/aromatic N) is 2. The average molecular weight is 469 g/mol. The molecule has 1 aliphatic heterocycles. The number of aromatic nitrogens is 1. The molecule has 3 rings (SSSR count). The number of imide groups is 1. The molecule has 0 atom stereocenters. The number of carbonyl (C=O) groups excluding carboxylic acids is 3. The Hall–Kier alpha value is -2.50. The minimum Gasteiger partial charge on any atom is -0.316 e. The Kier molecular flexibility index (Phi) is 7.63. The number of carbonyl (C=O) groups is 3. The maximum atomic E-state index is 11.9. The van der Waals surface area contributed by atoms with Crippen LogP contribution in [0.25, 0.3) is 10.9 Å². The van der Waals surface area contributed by atoms with Crippen molar-refractivity contribution < 1.29 is 38.1 Å². The minimum atomic E-state index is -4.45. The maximum Gasteiger partial charge on any atom is 0.469 e. The fourth-order valence-electron chi connectivity index (χ4n) is 2.77. The lowest BCUT2D eigenvalue weighted by Crippen LogP contribution is -2.36. The second kappa shape index (κ2) is 10.2. The van der Waals surface area contributed by atoms with Crippen molar-refractivity contribution in [2.24, 2.45) is 0 Å². The normalized spacial score (nSPS) is 14.3. The van der Waals surface area contributed by atoms with Crippen LogP contribution in [0.3, 0.4) is 0 Å². The number of hydrogen-bond acceptors (Lipinski definition) is 8. The number of benzene rings is 1. The first kappa shape index (κ1) is 23.2. The molecule has 166 valence electrons. The number of phosphoric ester groups is 1. The Morgan fingerprint density at radius 1 is 1.19 bits per heavy atom. The van der Waals surface area contributed by atoms with Crippen molar-refractivity contribution in [1.82, 2.24) is 15.4 Å². The number of pyridine rings is 1. The third-order valence-corrected chi connectivity index (χ3v) is 5.69. The molecule has 13 heteroatoms. The van der Waals surface area contributed by atoms with Crippen LogP contribution in [-0.2, 0) is 35.8 Å². The fourth-order valence-corrected chi connectivity index (χ4v) is 3.96. The zero-order valence-electron chi connectivity index (χ0n) is 16.2. The van der Waals surface area contributed by atoms with Crippen molar-refractivity contribution in [2.45, 2.75) is 25.1 Å². The van der Waals surface area contributed by atoms with Gasteiger partial charge in [0.05, 0.1) is 12.1 Å². The molecule has 1 aromatic carbocycles. The Bertz CT molecular complexity index is 1030. The largest absolute Gasteiger partial charge is 0.469 e. The molecule has 31 heavy (non-hydrogen) atoms. The van der Waals surface area contributed by atoms with Gasteiger partial charge in [0, 0.05) is 42.5 Å². The van der Waals surface area contributed by atoms with E-state index >= 15 is 0 Å². The number of fused-ring (bicyclic) bond motifs is 1. The summed E-state index contributed by atoms with van der Waals surface area (Å²) in [5.41, 5.74) is 2.45. The van der Waals surface area contributed by atoms with Gasteiger partial charge in [-0.1, -0.05) is 6.07 Å². The Morgan fingerprint density at radius 2 is 1.90 bits per heavy atom. The highest BCUT2D eigenvalue weighted by Crippen LogP contribution is 2.35. The Morgan fingerprint density at radius 3 is 2.61 bits per heavy atom. The van der Waals surface area contributed by atoms with Gasteiger partial charge in [0.25, 0.3) is 11.8 Å². The quantitative estimate of drug-likeness (QED) is 0.281. The van der Waals surface area contributed by atoms with Crippen LogP contribution < -0.4 is 5.32 Å². The number of rotatable bonds is 9. The zero-order valence-corrected chi connectivity index (χ0v) is 17.9. The highest BCUT2D eigenvalue weighted by Gasteiger charge is 2.32. The summed E-state index contributed by atoms with van der Waals surface area (Å²) < 4.78 is 15.0. The predicted molar refractivity (Wildman–Crippen MR) is 110 cm³/mol. The molecule has 0 unspecified atom stereocenters. The molecule has 3 N–H and O–H groups in total. The van der Waals surface area contributed by atoms with Crippen molar-refractivity contribution in [2.75, 3.05) is 12.4 Å². The molecule has 1 saturated heterocycles. The van der Waals surface area contributed by atoms with Crippen molar-refractivity contribution >= 4 is 48.4 Å². The lowest BCUT2D eigenvalue weighted by atomic mass is 10.1. The van der Waals surface area contributed by atoms with Gasteiger partial charge in [-0.3, -0.25) is 19.1 Å². The van der Waals surface area contributed by atoms with Gasteiger partial charge >= 0.3 is 13.9 Å². The highest BCUT2D eigenvalue weighted by molar-refractivity contribution is 7.98. The third-order valence-electron chi connectivity index (χ3n) is 4.17. The van der Waals surface area contributed by atoms with E-state index in [1.807, 2.05) is 12.1 Å². The summed E-state index contributed by atoms with van der Waals surface area (Å²) in [7, 11) is -4.45. The predicted octanol–water partition coefficient (Wildman–Crippen LogP) is 1.87. The average Bonchev–Trinajstić information content (AvgIpc) is 3.03. The first-order valence-corrected chi connectivity index (χ1v) is 11.9. The van der Waals surface area contributed by atoms with Crippen molar-refractivity contribution in [3.05, 3.63) is 41.6 Å². The van der Waals surface area contributed by atoms with E-state index in [1.54, 1.807) is 18.3 Å². The lowest BCUT2D eigenvalue weighted by Gasteiger charge is -2.13. The van der Waals surface area contributed by atoms with E-state index in [1.165, 1.54) is 11.8 Å². The summed E-state index contributed by atoms with van der Waals surface area (Å²) in [4.78, 5) is 61.3. The van der Waals surface area contributed by atoms with E-state index in [9.17, 15) is 18.9 Å². The molecule has 11 nitrogen and oxygen atoms in total. The molecule has 0 radical (unpaired) electrons. The summed E-state index contributed by atoms with van der Waals surface area (Å²) in [6.07, 6.45) is 0.880. The molecule has 2 aromatic rings. The number of hydrogen-bond donors (Lipinski definition) is 3. The second-order valence-electron chi connectivity index (χ2n) is 6.56. The van der Waals surface area contributed by atoms with Gasteiger partial charge in [-0.25, -0.2) is 9.36 Å². The monoisotopic (exact) mass is 469 g/mol. The molecule has 0 saturated carbocycles. The van der Waals surface area contributed by atoms with Crippen LogP contribution in [0, 0.1) is 0 Å².